The molecule has 1 fully saturated rings. The van der Waals surface area contributed by atoms with Crippen LogP contribution in [-0.2, 0) is 6.54 Å². The Morgan fingerprint density at radius 2 is 1.77 bits per heavy atom. The van der Waals surface area contributed by atoms with Crippen LogP contribution in [-0.4, -0.2) is 55.3 Å². The fraction of sp³-hybridized carbons (Fsp3) is 0.368. The van der Waals surface area contributed by atoms with Crippen LogP contribution in [0.1, 0.15) is 5.69 Å². The fourth-order valence-electron chi connectivity index (χ4n) is 3.23. The molecule has 0 N–H and O–H groups in total. The molecule has 1 saturated heterocycles. The lowest BCUT2D eigenvalue weighted by Crippen LogP contribution is -2.46. The highest BCUT2D eigenvalue weighted by Crippen LogP contribution is 2.40. The smallest absolute Gasteiger partial charge is 0.186 e. The highest BCUT2D eigenvalue weighted by atomic mass is 32.1. The maximum absolute atomic E-state index is 5.49. The molecule has 3 heterocycles. The van der Waals surface area contributed by atoms with Crippen LogP contribution in [0.4, 0.5) is 5.13 Å². The summed E-state index contributed by atoms with van der Waals surface area (Å²) in [6.45, 7) is 4.81. The van der Waals surface area contributed by atoms with Crippen LogP contribution in [0.5, 0.6) is 11.5 Å². The molecule has 26 heavy (non-hydrogen) atoms. The van der Waals surface area contributed by atoms with E-state index in [1.807, 2.05) is 30.5 Å². The van der Waals surface area contributed by atoms with Crippen molar-refractivity contribution < 1.29 is 9.47 Å². The molecule has 4 rings (SSSR count). The van der Waals surface area contributed by atoms with Crippen molar-refractivity contribution in [1.82, 2.24) is 14.9 Å². The molecule has 0 spiro atoms. The van der Waals surface area contributed by atoms with E-state index >= 15 is 0 Å². The Balaban J connectivity index is 1.49. The summed E-state index contributed by atoms with van der Waals surface area (Å²) in [6.07, 6.45) is 1.85. The van der Waals surface area contributed by atoms with E-state index in [1.54, 1.807) is 25.6 Å². The zero-order chi connectivity index (χ0) is 17.9. The monoisotopic (exact) mass is 370 g/mol. The molecule has 136 valence electrons. The Labute approximate surface area is 157 Å². The number of nitrogens with zero attached hydrogens (tertiary/aromatic N) is 4. The minimum absolute atomic E-state index is 0.789. The summed E-state index contributed by atoms with van der Waals surface area (Å²) in [5.74, 6) is 1.63. The Bertz CT molecular complexity index is 835. The van der Waals surface area contributed by atoms with E-state index < -0.39 is 0 Å². The van der Waals surface area contributed by atoms with E-state index in [0.29, 0.717) is 0 Å². The molecule has 0 aliphatic carbocycles. The molecule has 0 atom stereocenters. The van der Waals surface area contributed by atoms with Crippen LogP contribution in [0.3, 0.4) is 0 Å². The fourth-order valence-corrected chi connectivity index (χ4v) is 4.35. The van der Waals surface area contributed by atoms with E-state index in [9.17, 15) is 0 Å². The number of thiazole rings is 1. The molecular formula is C19H22N4O2S. The normalized spacial score (nSPS) is 15.4. The minimum atomic E-state index is 0.789. The van der Waals surface area contributed by atoms with Gasteiger partial charge in [-0.25, -0.2) is 4.98 Å². The Morgan fingerprint density at radius 1 is 1.00 bits per heavy atom. The summed E-state index contributed by atoms with van der Waals surface area (Å²) >= 11 is 1.67. The third-order valence-corrected chi connectivity index (χ3v) is 5.78. The Kier molecular flexibility index (Phi) is 4.90. The van der Waals surface area contributed by atoms with Crippen molar-refractivity contribution in [2.45, 2.75) is 6.54 Å². The van der Waals surface area contributed by atoms with Gasteiger partial charge in [-0.3, -0.25) is 9.88 Å². The third kappa shape index (κ3) is 3.32. The second-order valence-corrected chi connectivity index (χ2v) is 7.21. The van der Waals surface area contributed by atoms with Gasteiger partial charge in [-0.1, -0.05) is 17.4 Å². The first-order valence-electron chi connectivity index (χ1n) is 8.67. The van der Waals surface area contributed by atoms with Crippen LogP contribution < -0.4 is 14.4 Å². The second-order valence-electron chi connectivity index (χ2n) is 6.23. The van der Waals surface area contributed by atoms with Gasteiger partial charge in [0.1, 0.15) is 21.7 Å². The van der Waals surface area contributed by atoms with E-state index in [4.69, 9.17) is 14.5 Å². The minimum Gasteiger partial charge on any atom is -0.495 e. The van der Waals surface area contributed by atoms with Crippen molar-refractivity contribution in [3.63, 3.8) is 0 Å². The molecule has 1 aliphatic rings. The van der Waals surface area contributed by atoms with Gasteiger partial charge in [-0.05, 0) is 24.3 Å². The van der Waals surface area contributed by atoms with Gasteiger partial charge < -0.3 is 14.4 Å². The lowest BCUT2D eigenvalue weighted by Gasteiger charge is -2.34. The van der Waals surface area contributed by atoms with Gasteiger partial charge >= 0.3 is 0 Å². The standard InChI is InChI=1S/C19H22N4O2S/c1-24-15-6-7-16(25-2)18-17(15)21-19(26-18)23-11-9-22(10-12-23)13-14-5-3-4-8-20-14/h3-8H,9-13H2,1-2H3. The number of benzene rings is 1. The van der Waals surface area contributed by atoms with E-state index in [2.05, 4.69) is 20.9 Å². The summed E-state index contributed by atoms with van der Waals surface area (Å²) in [7, 11) is 3.37. The predicted molar refractivity (Wildman–Crippen MR) is 104 cm³/mol. The van der Waals surface area contributed by atoms with Crippen molar-refractivity contribution in [1.29, 1.82) is 0 Å². The molecule has 0 amide bonds. The highest BCUT2D eigenvalue weighted by molar-refractivity contribution is 7.22. The van der Waals surface area contributed by atoms with Crippen LogP contribution in [0.15, 0.2) is 36.5 Å². The first-order valence-corrected chi connectivity index (χ1v) is 9.49. The number of anilines is 1. The quantitative estimate of drug-likeness (QED) is 0.688. The lowest BCUT2D eigenvalue weighted by atomic mass is 10.3. The van der Waals surface area contributed by atoms with Crippen molar-refractivity contribution >= 4 is 26.7 Å². The summed E-state index contributed by atoms with van der Waals surface area (Å²) in [6, 6.07) is 9.93. The van der Waals surface area contributed by atoms with Gasteiger partial charge in [-0.15, -0.1) is 0 Å². The Morgan fingerprint density at radius 3 is 2.46 bits per heavy atom. The zero-order valence-electron chi connectivity index (χ0n) is 15.0. The number of aromatic nitrogens is 2. The molecule has 2 aromatic heterocycles. The van der Waals surface area contributed by atoms with Gasteiger partial charge in [0.15, 0.2) is 5.13 Å². The zero-order valence-corrected chi connectivity index (χ0v) is 15.8. The van der Waals surface area contributed by atoms with Gasteiger partial charge in [0, 0.05) is 38.9 Å². The molecule has 0 bridgehead atoms. The molecule has 0 unspecified atom stereocenters. The molecule has 1 aromatic carbocycles. The van der Waals surface area contributed by atoms with Crippen LogP contribution in [0.2, 0.25) is 0 Å². The van der Waals surface area contributed by atoms with E-state index in [1.165, 1.54) is 0 Å². The van der Waals surface area contributed by atoms with Crippen molar-refractivity contribution in [3.8, 4) is 11.5 Å². The number of hydrogen-bond donors (Lipinski definition) is 0. The lowest BCUT2D eigenvalue weighted by molar-refractivity contribution is 0.247. The molecule has 0 saturated carbocycles. The number of rotatable bonds is 5. The van der Waals surface area contributed by atoms with Gasteiger partial charge in [0.25, 0.3) is 0 Å². The largest absolute Gasteiger partial charge is 0.495 e. The number of ether oxygens (including phenoxy) is 2. The topological polar surface area (TPSA) is 50.7 Å². The third-order valence-electron chi connectivity index (χ3n) is 4.65. The first kappa shape index (κ1) is 17.1. The SMILES string of the molecule is COc1ccc(OC)c2sc(N3CCN(Cc4ccccn4)CC3)nc12. The summed E-state index contributed by atoms with van der Waals surface area (Å²) < 4.78 is 12.0. The number of methoxy groups -OCH3 is 2. The van der Waals surface area contributed by atoms with Crippen molar-refractivity contribution in [2.75, 3.05) is 45.3 Å². The molecular weight excluding hydrogens is 348 g/mol. The molecule has 6 nitrogen and oxygen atoms in total. The van der Waals surface area contributed by atoms with Crippen LogP contribution >= 0.6 is 11.3 Å². The highest BCUT2D eigenvalue weighted by Gasteiger charge is 2.22. The number of hydrogen-bond acceptors (Lipinski definition) is 7. The first-order chi connectivity index (χ1) is 12.8. The molecule has 7 heteroatoms. The molecule has 3 aromatic rings. The number of fused-ring (bicyclic) bond motifs is 1. The average molecular weight is 370 g/mol. The predicted octanol–water partition coefficient (Wildman–Crippen LogP) is 3.03. The summed E-state index contributed by atoms with van der Waals surface area (Å²) in [5.41, 5.74) is 2.00. The molecule has 1 aliphatic heterocycles. The van der Waals surface area contributed by atoms with Gasteiger partial charge in [0.2, 0.25) is 0 Å². The van der Waals surface area contributed by atoms with Gasteiger partial charge in [0.05, 0.1) is 19.9 Å². The number of piperazine rings is 1. The summed E-state index contributed by atoms with van der Waals surface area (Å²) in [5, 5.41) is 1.03. The van der Waals surface area contributed by atoms with Crippen LogP contribution in [0.25, 0.3) is 10.2 Å². The number of pyridine rings is 1. The van der Waals surface area contributed by atoms with Crippen LogP contribution in [0, 0.1) is 0 Å². The van der Waals surface area contributed by atoms with E-state index in [-0.39, 0.29) is 0 Å². The Hall–Kier alpha value is -2.38. The maximum atomic E-state index is 5.49. The van der Waals surface area contributed by atoms with Crippen molar-refractivity contribution in [3.05, 3.63) is 42.2 Å². The van der Waals surface area contributed by atoms with Gasteiger partial charge in [-0.2, -0.15) is 0 Å². The summed E-state index contributed by atoms with van der Waals surface area (Å²) in [4.78, 5) is 14.0. The van der Waals surface area contributed by atoms with E-state index in [0.717, 1.165) is 65.3 Å². The molecule has 0 radical (unpaired) electrons. The average Bonchev–Trinajstić information content (AvgIpc) is 3.14. The maximum Gasteiger partial charge on any atom is 0.186 e. The second kappa shape index (κ2) is 7.47. The van der Waals surface area contributed by atoms with Crippen molar-refractivity contribution in [2.24, 2.45) is 0 Å².